The van der Waals surface area contributed by atoms with Gasteiger partial charge in [0.05, 0.1) is 17.1 Å². The number of hydrogen-bond acceptors (Lipinski definition) is 4. The summed E-state index contributed by atoms with van der Waals surface area (Å²) in [6.45, 7) is 0.214. The number of amides is 1. The van der Waals surface area contributed by atoms with Crippen LogP contribution >= 0.6 is 23.2 Å². The number of alkyl halides is 3. The summed E-state index contributed by atoms with van der Waals surface area (Å²) >= 11 is 11.5. The lowest BCUT2D eigenvalue weighted by Gasteiger charge is -2.11. The molecule has 0 spiro atoms. The molecule has 28 heavy (non-hydrogen) atoms. The van der Waals surface area contributed by atoms with Crippen molar-refractivity contribution in [3.8, 4) is 0 Å². The fourth-order valence-electron chi connectivity index (χ4n) is 2.42. The van der Waals surface area contributed by atoms with E-state index >= 15 is 0 Å². The first kappa shape index (κ1) is 20.0. The molecule has 0 saturated carbocycles. The number of anilines is 2. The Morgan fingerprint density at radius 3 is 2.61 bits per heavy atom. The van der Waals surface area contributed by atoms with Gasteiger partial charge >= 0.3 is 6.18 Å². The summed E-state index contributed by atoms with van der Waals surface area (Å²) in [6, 6.07) is 9.95. The topological polar surface area (TPSA) is 85.8 Å². The summed E-state index contributed by atoms with van der Waals surface area (Å²) in [4.78, 5) is 12.4. The molecule has 0 atom stereocenters. The predicted molar refractivity (Wildman–Crippen MR) is 99.4 cm³/mol. The van der Waals surface area contributed by atoms with Crippen LogP contribution in [0.1, 0.15) is 21.6 Å². The molecule has 0 aliphatic carbocycles. The Balaban J connectivity index is 1.80. The molecule has 3 rings (SSSR count). The zero-order chi connectivity index (χ0) is 20.5. The number of nitrogens with two attached hydrogens (primary N) is 1. The number of carbonyl (C=O) groups is 1. The lowest BCUT2D eigenvalue weighted by Crippen LogP contribution is -2.16. The van der Waals surface area contributed by atoms with Crippen LogP contribution in [0.4, 0.5) is 24.7 Å². The van der Waals surface area contributed by atoms with Gasteiger partial charge in [-0.2, -0.15) is 13.2 Å². The van der Waals surface area contributed by atoms with Crippen molar-refractivity contribution in [2.45, 2.75) is 12.7 Å². The second-order valence-electron chi connectivity index (χ2n) is 5.76. The van der Waals surface area contributed by atoms with Crippen LogP contribution in [0.15, 0.2) is 42.5 Å². The van der Waals surface area contributed by atoms with Crippen molar-refractivity contribution >= 4 is 40.6 Å². The smallest absolute Gasteiger partial charge is 0.382 e. The third kappa shape index (κ3) is 4.37. The van der Waals surface area contributed by atoms with E-state index in [9.17, 15) is 18.0 Å². The molecule has 0 fully saturated rings. The molecular formula is C17H12Cl2F3N5O. The maximum Gasteiger partial charge on any atom is 0.417 e. The van der Waals surface area contributed by atoms with Crippen LogP contribution < -0.4 is 11.1 Å². The number of carbonyl (C=O) groups excluding carboxylic acids is 1. The van der Waals surface area contributed by atoms with E-state index < -0.39 is 22.7 Å². The van der Waals surface area contributed by atoms with Crippen molar-refractivity contribution in [3.05, 3.63) is 69.3 Å². The summed E-state index contributed by atoms with van der Waals surface area (Å²) in [5.41, 5.74) is 5.30. The number of benzene rings is 2. The van der Waals surface area contributed by atoms with Crippen LogP contribution in [0.2, 0.25) is 10.0 Å². The Bertz CT molecular complexity index is 1040. The minimum Gasteiger partial charge on any atom is -0.382 e. The lowest BCUT2D eigenvalue weighted by molar-refractivity contribution is -0.137. The number of hydrogen-bond donors (Lipinski definition) is 2. The standard InChI is InChI=1S/C17H12Cl2F3N5O/c18-10-3-1-2-9(6-10)8-27-15(23)14(25-26-27)16(28)24-11-4-5-13(19)12(7-11)17(20,21)22/h1-7H,8,23H2,(H,24,28). The third-order valence-corrected chi connectivity index (χ3v) is 4.30. The van der Waals surface area contributed by atoms with Gasteiger partial charge in [-0.15, -0.1) is 5.10 Å². The van der Waals surface area contributed by atoms with E-state index in [1.807, 2.05) is 0 Å². The van der Waals surface area contributed by atoms with Crippen LogP contribution in [0.3, 0.4) is 0 Å². The van der Waals surface area contributed by atoms with Gasteiger partial charge in [0.2, 0.25) is 0 Å². The summed E-state index contributed by atoms with van der Waals surface area (Å²) < 4.78 is 40.1. The first-order valence-corrected chi connectivity index (χ1v) is 8.52. The second kappa shape index (κ2) is 7.69. The largest absolute Gasteiger partial charge is 0.417 e. The molecule has 6 nitrogen and oxygen atoms in total. The van der Waals surface area contributed by atoms with E-state index in [1.54, 1.807) is 24.3 Å². The van der Waals surface area contributed by atoms with Gasteiger partial charge in [0, 0.05) is 10.7 Å². The molecule has 146 valence electrons. The number of aromatic nitrogens is 3. The van der Waals surface area contributed by atoms with Gasteiger partial charge in [-0.1, -0.05) is 40.5 Å². The zero-order valence-electron chi connectivity index (χ0n) is 14.0. The monoisotopic (exact) mass is 429 g/mol. The van der Waals surface area contributed by atoms with E-state index in [-0.39, 0.29) is 23.7 Å². The van der Waals surface area contributed by atoms with Crippen LogP contribution in [-0.2, 0) is 12.7 Å². The summed E-state index contributed by atoms with van der Waals surface area (Å²) in [5, 5.41) is 9.89. The molecule has 0 saturated heterocycles. The van der Waals surface area contributed by atoms with Gasteiger partial charge in [0.25, 0.3) is 5.91 Å². The zero-order valence-corrected chi connectivity index (χ0v) is 15.5. The van der Waals surface area contributed by atoms with Crippen molar-refractivity contribution < 1.29 is 18.0 Å². The number of rotatable bonds is 4. The fourth-order valence-corrected chi connectivity index (χ4v) is 2.86. The predicted octanol–water partition coefficient (Wildman–Crippen LogP) is 4.49. The number of nitrogens with one attached hydrogen (secondary N) is 1. The quantitative estimate of drug-likeness (QED) is 0.639. The SMILES string of the molecule is Nc1c(C(=O)Nc2ccc(Cl)c(C(F)(F)F)c2)nnn1Cc1cccc(Cl)c1. The molecule has 1 amide bonds. The highest BCUT2D eigenvalue weighted by atomic mass is 35.5. The van der Waals surface area contributed by atoms with Crippen molar-refractivity contribution in [1.82, 2.24) is 15.0 Å². The minimum atomic E-state index is -4.66. The number of nitrogen functional groups attached to an aromatic ring is 1. The highest BCUT2D eigenvalue weighted by Gasteiger charge is 2.33. The molecule has 0 aliphatic rings. The molecule has 3 N–H and O–H groups in total. The maximum atomic E-state index is 12.9. The van der Waals surface area contributed by atoms with Gasteiger partial charge in [-0.05, 0) is 35.9 Å². The fraction of sp³-hybridized carbons (Fsp3) is 0.118. The summed E-state index contributed by atoms with van der Waals surface area (Å²) in [7, 11) is 0. The second-order valence-corrected chi connectivity index (χ2v) is 6.60. The van der Waals surface area contributed by atoms with Gasteiger partial charge in [0.15, 0.2) is 11.5 Å². The van der Waals surface area contributed by atoms with Crippen LogP contribution in [0.5, 0.6) is 0 Å². The average molecular weight is 430 g/mol. The maximum absolute atomic E-state index is 12.9. The van der Waals surface area contributed by atoms with E-state index in [2.05, 4.69) is 15.6 Å². The van der Waals surface area contributed by atoms with E-state index in [0.717, 1.165) is 17.7 Å². The molecule has 0 aliphatic heterocycles. The van der Waals surface area contributed by atoms with Crippen molar-refractivity contribution in [3.63, 3.8) is 0 Å². The van der Waals surface area contributed by atoms with E-state index in [1.165, 1.54) is 10.7 Å². The first-order chi connectivity index (χ1) is 13.1. The molecule has 0 radical (unpaired) electrons. The van der Waals surface area contributed by atoms with Crippen molar-refractivity contribution in [2.24, 2.45) is 0 Å². The molecule has 11 heteroatoms. The number of halogens is 5. The Morgan fingerprint density at radius 2 is 1.93 bits per heavy atom. The Hall–Kier alpha value is -2.78. The Kier molecular flexibility index (Phi) is 5.48. The summed E-state index contributed by atoms with van der Waals surface area (Å²) in [5.74, 6) is -0.840. The van der Waals surface area contributed by atoms with Gasteiger partial charge in [-0.25, -0.2) is 4.68 Å². The van der Waals surface area contributed by atoms with Gasteiger partial charge in [0.1, 0.15) is 0 Å². The summed E-state index contributed by atoms with van der Waals surface area (Å²) in [6.07, 6.45) is -4.66. The van der Waals surface area contributed by atoms with Gasteiger partial charge in [-0.3, -0.25) is 4.79 Å². The molecule has 1 aromatic heterocycles. The molecule has 3 aromatic rings. The van der Waals surface area contributed by atoms with Gasteiger partial charge < -0.3 is 11.1 Å². The lowest BCUT2D eigenvalue weighted by atomic mass is 10.2. The molecule has 1 heterocycles. The van der Waals surface area contributed by atoms with E-state index in [0.29, 0.717) is 5.02 Å². The minimum absolute atomic E-state index is 0.0394. The average Bonchev–Trinajstić information content (AvgIpc) is 2.96. The Morgan fingerprint density at radius 1 is 1.18 bits per heavy atom. The molecular weight excluding hydrogens is 418 g/mol. The van der Waals surface area contributed by atoms with Crippen LogP contribution in [-0.4, -0.2) is 20.9 Å². The van der Waals surface area contributed by atoms with Crippen molar-refractivity contribution in [1.29, 1.82) is 0 Å². The Labute approximate surface area is 167 Å². The molecule has 0 unspecified atom stereocenters. The molecule has 2 aromatic carbocycles. The van der Waals surface area contributed by atoms with Crippen LogP contribution in [0.25, 0.3) is 0 Å². The number of nitrogens with zero attached hydrogens (tertiary/aromatic N) is 3. The first-order valence-electron chi connectivity index (χ1n) is 7.76. The molecule has 0 bridgehead atoms. The highest BCUT2D eigenvalue weighted by Crippen LogP contribution is 2.36. The highest BCUT2D eigenvalue weighted by molar-refractivity contribution is 6.31. The third-order valence-electron chi connectivity index (χ3n) is 3.74. The normalized spacial score (nSPS) is 11.5. The van der Waals surface area contributed by atoms with Crippen molar-refractivity contribution in [2.75, 3.05) is 11.1 Å². The van der Waals surface area contributed by atoms with E-state index in [4.69, 9.17) is 28.9 Å². The van der Waals surface area contributed by atoms with Crippen LogP contribution in [0, 0.1) is 0 Å².